The van der Waals surface area contributed by atoms with Crippen molar-refractivity contribution in [3.63, 3.8) is 0 Å². The molecule has 0 aliphatic carbocycles. The molecule has 0 saturated carbocycles. The summed E-state index contributed by atoms with van der Waals surface area (Å²) in [7, 11) is -7.18. The zero-order valence-corrected chi connectivity index (χ0v) is 86.0. The van der Waals surface area contributed by atoms with Crippen LogP contribution < -0.4 is 14.2 Å². The van der Waals surface area contributed by atoms with Crippen molar-refractivity contribution in [2.75, 3.05) is 41.2 Å². The van der Waals surface area contributed by atoms with Crippen LogP contribution in [0.2, 0.25) is 109 Å². The fourth-order valence-electron chi connectivity index (χ4n) is 12.3. The van der Waals surface area contributed by atoms with E-state index in [1.54, 1.807) is 33.5 Å². The van der Waals surface area contributed by atoms with Gasteiger partial charge in [-0.15, -0.1) is 13.2 Å². The molecular formula is C95H166O15Si6. The minimum atomic E-state index is -2.08. The highest BCUT2D eigenvalue weighted by molar-refractivity contribution is 6.76. The van der Waals surface area contributed by atoms with Gasteiger partial charge in [0.25, 0.3) is 0 Å². The maximum absolute atomic E-state index is 13.8. The molecule has 0 aromatic heterocycles. The number of methoxy groups -OCH3 is 3. The number of ether oxygens (including phenoxy) is 6. The highest BCUT2D eigenvalue weighted by Crippen LogP contribution is 2.45. The van der Waals surface area contributed by atoms with Crippen LogP contribution in [0.1, 0.15) is 251 Å². The molecule has 0 fully saturated rings. The molecule has 0 saturated heterocycles. The lowest BCUT2D eigenvalue weighted by atomic mass is 9.94. The summed E-state index contributed by atoms with van der Waals surface area (Å²) in [5.41, 5.74) is 4.18. The molecule has 1 unspecified atom stereocenters. The van der Waals surface area contributed by atoms with Gasteiger partial charge in [0.05, 0.1) is 39.6 Å². The molecule has 2 aliphatic rings. The van der Waals surface area contributed by atoms with Gasteiger partial charge in [-0.05, 0) is 200 Å². The zero-order chi connectivity index (χ0) is 88.8. The summed E-state index contributed by atoms with van der Waals surface area (Å²) in [5, 5.41) is 0.595. The number of allylic oxidation sites excluding steroid dienone is 6. The SMILES string of the molecule is C=CCc1cccc(OC)c1C(=O)O[C@@H](CCO[Si](C)(C)C(C)(C)C)C[C@H](O[Si](C)(C)C(C)(C)C)[C@H](C)CC=C.COc1cccc2c1C(=O)O[C@@H](CCO[Si](C)(C)C(C)(C)C)C[C@H](O[Si](C)(C)C(C)(C)C)C(C)C/C=C\C2.COc1cccc2c1C(=O)O[C@@H](CCO[Si](C)(C)C(C)(C)C)C[C@H](O[Si](C)(C)C(C)(C)C)[C@H](C)C/C=C/C2. The Balaban J connectivity index is 0.000000450. The van der Waals surface area contributed by atoms with Crippen LogP contribution in [0.4, 0.5) is 0 Å². The molecule has 21 heteroatoms. The largest absolute Gasteiger partial charge is 0.496 e. The molecule has 116 heavy (non-hydrogen) atoms. The molecule has 3 aromatic carbocycles. The van der Waals surface area contributed by atoms with E-state index in [-0.39, 0.29) is 90.7 Å². The van der Waals surface area contributed by atoms with E-state index >= 15 is 0 Å². The number of hydrogen-bond acceptors (Lipinski definition) is 15. The number of carbonyl (C=O) groups is 3. The van der Waals surface area contributed by atoms with Gasteiger partial charge in [0.1, 0.15) is 52.3 Å². The third-order valence-electron chi connectivity index (χ3n) is 26.6. The predicted molar refractivity (Wildman–Crippen MR) is 501 cm³/mol. The second-order valence-corrected chi connectivity index (χ2v) is 70.7. The number of benzene rings is 3. The predicted octanol–water partition coefficient (Wildman–Crippen LogP) is 26.5. The van der Waals surface area contributed by atoms with Gasteiger partial charge in [-0.25, -0.2) is 14.4 Å². The average Bonchev–Trinajstić information content (AvgIpc) is 0.812. The molecule has 5 rings (SSSR count). The van der Waals surface area contributed by atoms with E-state index in [0.717, 1.165) is 36.0 Å². The highest BCUT2D eigenvalue weighted by Gasteiger charge is 2.46. The van der Waals surface area contributed by atoms with Crippen LogP contribution >= 0.6 is 0 Å². The van der Waals surface area contributed by atoms with Crippen molar-refractivity contribution in [3.8, 4) is 17.2 Å². The van der Waals surface area contributed by atoms with E-state index in [9.17, 15) is 14.4 Å². The highest BCUT2D eigenvalue weighted by atomic mass is 28.4. The lowest BCUT2D eigenvalue weighted by Gasteiger charge is -2.42. The number of rotatable bonds is 30. The fraction of sp³-hybridized carbons (Fsp3) is 0.695. The molecule has 0 spiro atoms. The van der Waals surface area contributed by atoms with E-state index in [0.29, 0.717) is 123 Å². The van der Waals surface area contributed by atoms with Gasteiger partial charge < -0.3 is 55.0 Å². The Hall–Kier alpha value is -4.51. The summed E-state index contributed by atoms with van der Waals surface area (Å²) in [6.45, 7) is 84.1. The van der Waals surface area contributed by atoms with Gasteiger partial charge in [0.15, 0.2) is 49.9 Å². The van der Waals surface area contributed by atoms with Gasteiger partial charge in [0, 0.05) is 58.3 Å². The van der Waals surface area contributed by atoms with Crippen molar-refractivity contribution in [1.29, 1.82) is 0 Å². The summed E-state index contributed by atoms with van der Waals surface area (Å²) in [6.07, 6.45) is 19.7. The molecule has 2 heterocycles. The van der Waals surface area contributed by atoms with Gasteiger partial charge >= 0.3 is 17.9 Å². The molecule has 0 amide bonds. The third-order valence-corrected chi connectivity index (χ3v) is 53.8. The maximum atomic E-state index is 13.8. The molecule has 2 aliphatic heterocycles. The van der Waals surface area contributed by atoms with Crippen LogP contribution in [0, 0.1) is 17.8 Å². The Kier molecular flexibility index (Phi) is 40.6. The summed E-state index contributed by atoms with van der Waals surface area (Å²) in [4.78, 5) is 41.1. The minimum Gasteiger partial charge on any atom is -0.496 e. The number of fused-ring (bicyclic) bond motifs is 2. The molecule has 0 bridgehead atoms. The summed E-state index contributed by atoms with van der Waals surface area (Å²) in [6, 6.07) is 17.1. The van der Waals surface area contributed by atoms with E-state index in [2.05, 4.69) is 261 Å². The molecule has 15 nitrogen and oxygen atoms in total. The Morgan fingerprint density at radius 1 is 0.491 bits per heavy atom. The van der Waals surface area contributed by atoms with Crippen LogP contribution in [0.15, 0.2) is 104 Å². The van der Waals surface area contributed by atoms with Crippen LogP contribution in [-0.2, 0) is 60.0 Å². The van der Waals surface area contributed by atoms with Crippen LogP contribution in [0.25, 0.3) is 0 Å². The maximum Gasteiger partial charge on any atom is 0.342 e. The normalized spacial score (nSPS) is 20.3. The first kappa shape index (κ1) is 106. The summed E-state index contributed by atoms with van der Waals surface area (Å²) in [5.74, 6) is 1.40. The van der Waals surface area contributed by atoms with Crippen molar-refractivity contribution in [3.05, 3.63) is 138 Å². The average molecular weight is 1720 g/mol. The van der Waals surface area contributed by atoms with Crippen molar-refractivity contribution in [2.45, 2.75) is 368 Å². The number of hydrogen-bond donors (Lipinski definition) is 0. The smallest absolute Gasteiger partial charge is 0.342 e. The first-order chi connectivity index (χ1) is 53.1. The van der Waals surface area contributed by atoms with Crippen molar-refractivity contribution < 1.29 is 69.4 Å². The third kappa shape index (κ3) is 31.7. The summed E-state index contributed by atoms with van der Waals surface area (Å²) < 4.78 is 76.2. The zero-order valence-electron chi connectivity index (χ0n) is 80.0. The van der Waals surface area contributed by atoms with E-state index in [1.165, 1.54) is 0 Å². The molecule has 660 valence electrons. The lowest BCUT2D eigenvalue weighted by Crippen LogP contribution is -2.46. The Bertz CT molecular complexity index is 3470. The first-order valence-electron chi connectivity index (χ1n) is 43.2. The first-order valence-corrected chi connectivity index (χ1v) is 60.6. The summed E-state index contributed by atoms with van der Waals surface area (Å²) >= 11 is 0. The van der Waals surface area contributed by atoms with E-state index in [1.807, 2.05) is 54.6 Å². The van der Waals surface area contributed by atoms with E-state index < -0.39 is 49.9 Å². The molecule has 0 radical (unpaired) electrons. The number of carbonyl (C=O) groups excluding carboxylic acids is 3. The van der Waals surface area contributed by atoms with Crippen LogP contribution in [0.3, 0.4) is 0 Å². The van der Waals surface area contributed by atoms with Crippen molar-refractivity contribution in [2.24, 2.45) is 17.8 Å². The quantitative estimate of drug-likeness (QED) is 0.0268. The van der Waals surface area contributed by atoms with Gasteiger partial charge in [-0.3, -0.25) is 0 Å². The van der Waals surface area contributed by atoms with Crippen molar-refractivity contribution >= 4 is 67.8 Å². The Labute approximate surface area is 714 Å². The van der Waals surface area contributed by atoms with Crippen LogP contribution in [-0.4, -0.2) is 146 Å². The fourth-order valence-corrected chi connectivity index (χ4v) is 19.8. The van der Waals surface area contributed by atoms with Gasteiger partial charge in [-0.2, -0.15) is 0 Å². The topological polar surface area (TPSA) is 162 Å². The second-order valence-electron chi connectivity index (χ2n) is 42.0. The van der Waals surface area contributed by atoms with E-state index in [4.69, 9.17) is 55.0 Å². The van der Waals surface area contributed by atoms with Gasteiger partial charge in [-0.1, -0.05) is 218 Å². The monoisotopic (exact) mass is 1720 g/mol. The molecule has 3 aromatic rings. The minimum absolute atomic E-state index is 0.0113. The van der Waals surface area contributed by atoms with Crippen LogP contribution in [0.5, 0.6) is 17.2 Å². The van der Waals surface area contributed by atoms with Gasteiger partial charge in [0.2, 0.25) is 0 Å². The molecule has 0 N–H and O–H groups in total. The molecule has 9 atom stereocenters. The second kappa shape index (κ2) is 44.5. The molecular weight excluding hydrogens is 1550 g/mol. The Morgan fingerprint density at radius 3 is 1.21 bits per heavy atom. The van der Waals surface area contributed by atoms with Crippen molar-refractivity contribution in [1.82, 2.24) is 0 Å². The number of cyclic esters (lactones) is 2. The standard InChI is InChI=1S/C33H58O5Si2.2C31H54O5Si2/c1-15-18-25(3)29(38-40(13,14)33(7,8)9)24-27(22-23-36-39(11,12)32(4,5)6)37-31(34)30-26(19-16-2)20-17-21-28(30)35-10;2*1-23-16-13-14-17-24-18-15-19-26(33-8)28(24)29(32)35-25(20-21-34-37(9,10)30(2,3)4)22-27(23)36-38(11,12)31(5,6)7/h15-17,20-21,25,27,29H,1-2,18-19,22-24H2,3-14H3;2*13-15,18-19,23,25,27H,16-17,20-22H2,1-12H3/b;14-13+;14-13-/t25-,27+,29+;23-,25+,27+;23?,25-,27-/m110/s1. The number of esters is 3. The lowest BCUT2D eigenvalue weighted by molar-refractivity contribution is 0.000833. The Morgan fingerprint density at radius 2 is 0.853 bits per heavy atom.